The van der Waals surface area contributed by atoms with Crippen molar-refractivity contribution in [1.29, 1.82) is 0 Å². The van der Waals surface area contributed by atoms with Gasteiger partial charge in [-0.2, -0.15) is 0 Å². The highest BCUT2D eigenvalue weighted by Gasteiger charge is 2.38. The molecule has 0 aliphatic carbocycles. The molecular formula is C20H27F2N3O2. The van der Waals surface area contributed by atoms with Gasteiger partial charge in [-0.25, -0.2) is 8.78 Å². The molecule has 2 saturated heterocycles. The van der Waals surface area contributed by atoms with Crippen LogP contribution in [-0.2, 0) is 16.1 Å². The number of hydrogen-bond donors (Lipinski definition) is 1. The van der Waals surface area contributed by atoms with Crippen LogP contribution in [0.15, 0.2) is 24.3 Å². The van der Waals surface area contributed by atoms with Crippen molar-refractivity contribution < 1.29 is 18.4 Å². The molecule has 1 N–H and O–H groups in total. The molecule has 27 heavy (non-hydrogen) atoms. The number of rotatable bonds is 5. The minimum Gasteiger partial charge on any atom is -0.351 e. The monoisotopic (exact) mass is 379 g/mol. The third-order valence-corrected chi connectivity index (χ3v) is 5.41. The number of nitrogens with one attached hydrogen (secondary N) is 1. The number of amides is 2. The normalized spacial score (nSPS) is 22.6. The molecule has 2 aliphatic heterocycles. The Labute approximate surface area is 158 Å². The van der Waals surface area contributed by atoms with Crippen LogP contribution in [0.4, 0.5) is 8.78 Å². The minimum atomic E-state index is -2.64. The molecule has 0 radical (unpaired) electrons. The molecule has 1 aromatic rings. The summed E-state index contributed by atoms with van der Waals surface area (Å²) in [6.45, 7) is 4.20. The van der Waals surface area contributed by atoms with Crippen molar-refractivity contribution in [2.45, 2.75) is 38.7 Å². The second-order valence-electron chi connectivity index (χ2n) is 7.66. The van der Waals surface area contributed by atoms with Gasteiger partial charge in [-0.1, -0.05) is 29.8 Å². The molecule has 2 amide bonds. The number of carbonyl (C=O) groups is 2. The number of nitrogens with zero attached hydrogens (tertiary/aromatic N) is 2. The number of benzene rings is 1. The first-order valence-electron chi connectivity index (χ1n) is 9.54. The summed E-state index contributed by atoms with van der Waals surface area (Å²) in [4.78, 5) is 28.2. The Balaban J connectivity index is 1.40. The Hall–Kier alpha value is -2.02. The Morgan fingerprint density at radius 1 is 1.15 bits per heavy atom. The van der Waals surface area contributed by atoms with Crippen LogP contribution < -0.4 is 5.32 Å². The number of halogens is 2. The van der Waals surface area contributed by atoms with E-state index in [2.05, 4.69) is 5.32 Å². The SMILES string of the molecule is Cc1ccc(CNC(=O)CN2CCC(C(=O)N3CCC(F)(F)CC3)C2)cc1. The van der Waals surface area contributed by atoms with Crippen LogP contribution in [0, 0.1) is 12.8 Å². The summed E-state index contributed by atoms with van der Waals surface area (Å²) in [6.07, 6.45) is 0.171. The van der Waals surface area contributed by atoms with Gasteiger partial charge in [-0.3, -0.25) is 14.5 Å². The fraction of sp³-hybridized carbons (Fsp3) is 0.600. The highest BCUT2D eigenvalue weighted by molar-refractivity contribution is 5.80. The maximum absolute atomic E-state index is 13.2. The van der Waals surface area contributed by atoms with Gasteiger partial charge in [0.15, 0.2) is 0 Å². The fourth-order valence-electron chi connectivity index (χ4n) is 3.66. The number of alkyl halides is 2. The zero-order valence-corrected chi connectivity index (χ0v) is 15.7. The van der Waals surface area contributed by atoms with E-state index in [1.807, 2.05) is 36.1 Å². The molecule has 0 bridgehead atoms. The van der Waals surface area contributed by atoms with Crippen LogP contribution in [-0.4, -0.2) is 60.3 Å². The number of carbonyl (C=O) groups excluding carboxylic acids is 2. The number of hydrogen-bond acceptors (Lipinski definition) is 3. The van der Waals surface area contributed by atoms with Gasteiger partial charge in [-0.05, 0) is 25.5 Å². The third kappa shape index (κ3) is 5.48. The lowest BCUT2D eigenvalue weighted by molar-refractivity contribution is -0.141. The smallest absolute Gasteiger partial charge is 0.251 e. The maximum Gasteiger partial charge on any atom is 0.251 e. The average Bonchev–Trinajstić information content (AvgIpc) is 3.09. The van der Waals surface area contributed by atoms with Crippen molar-refractivity contribution in [2.24, 2.45) is 5.92 Å². The average molecular weight is 379 g/mol. The van der Waals surface area contributed by atoms with Crippen molar-refractivity contribution in [3.05, 3.63) is 35.4 Å². The molecule has 0 saturated carbocycles. The number of aryl methyl sites for hydroxylation is 1. The molecule has 1 aromatic carbocycles. The van der Waals surface area contributed by atoms with Crippen molar-refractivity contribution in [3.8, 4) is 0 Å². The fourth-order valence-corrected chi connectivity index (χ4v) is 3.66. The highest BCUT2D eigenvalue weighted by atomic mass is 19.3. The van der Waals surface area contributed by atoms with Crippen molar-refractivity contribution in [1.82, 2.24) is 15.1 Å². The largest absolute Gasteiger partial charge is 0.351 e. The van der Waals surface area contributed by atoms with Crippen LogP contribution in [0.3, 0.4) is 0 Å². The second-order valence-corrected chi connectivity index (χ2v) is 7.66. The minimum absolute atomic E-state index is 0.0481. The van der Waals surface area contributed by atoms with Crippen LogP contribution in [0.5, 0.6) is 0 Å². The molecule has 0 spiro atoms. The molecule has 2 heterocycles. The van der Waals surface area contributed by atoms with Crippen molar-refractivity contribution in [3.63, 3.8) is 0 Å². The summed E-state index contributed by atoms with van der Waals surface area (Å²) < 4.78 is 26.5. The lowest BCUT2D eigenvalue weighted by Crippen LogP contribution is -2.45. The van der Waals surface area contributed by atoms with Gasteiger partial charge < -0.3 is 10.2 Å². The molecule has 1 unspecified atom stereocenters. The predicted octanol–water partition coefficient (Wildman–Crippen LogP) is 2.19. The number of likely N-dealkylation sites (tertiary alicyclic amines) is 2. The zero-order valence-electron chi connectivity index (χ0n) is 15.7. The maximum atomic E-state index is 13.2. The van der Waals surface area contributed by atoms with Crippen LogP contribution >= 0.6 is 0 Å². The van der Waals surface area contributed by atoms with E-state index in [9.17, 15) is 18.4 Å². The third-order valence-electron chi connectivity index (χ3n) is 5.41. The van der Waals surface area contributed by atoms with E-state index < -0.39 is 5.92 Å². The summed E-state index contributed by atoms with van der Waals surface area (Å²) >= 11 is 0. The Kier molecular flexibility index (Phi) is 6.09. The highest BCUT2D eigenvalue weighted by Crippen LogP contribution is 2.29. The summed E-state index contributed by atoms with van der Waals surface area (Å²) in [6, 6.07) is 7.99. The van der Waals surface area contributed by atoms with Crippen LogP contribution in [0.1, 0.15) is 30.4 Å². The van der Waals surface area contributed by atoms with Gasteiger partial charge in [0, 0.05) is 39.0 Å². The first kappa shape index (κ1) is 19.7. The molecule has 1 atom stereocenters. The van der Waals surface area contributed by atoms with Crippen LogP contribution in [0.25, 0.3) is 0 Å². The van der Waals surface area contributed by atoms with E-state index in [0.29, 0.717) is 26.1 Å². The van der Waals surface area contributed by atoms with Crippen molar-refractivity contribution in [2.75, 3.05) is 32.7 Å². The van der Waals surface area contributed by atoms with Gasteiger partial charge in [0.25, 0.3) is 5.92 Å². The Morgan fingerprint density at radius 3 is 2.48 bits per heavy atom. The van der Waals surface area contributed by atoms with Gasteiger partial charge in [0.2, 0.25) is 11.8 Å². The molecule has 7 heteroatoms. The van der Waals surface area contributed by atoms with Gasteiger partial charge >= 0.3 is 0 Å². The Bertz CT molecular complexity index is 668. The zero-order chi connectivity index (χ0) is 19.4. The molecule has 3 rings (SSSR count). The molecule has 5 nitrogen and oxygen atoms in total. The lowest BCUT2D eigenvalue weighted by atomic mass is 10.0. The van der Waals surface area contributed by atoms with Gasteiger partial charge in [0.05, 0.1) is 12.5 Å². The van der Waals surface area contributed by atoms with E-state index in [1.54, 1.807) is 4.90 Å². The van der Waals surface area contributed by atoms with E-state index in [4.69, 9.17) is 0 Å². The summed E-state index contributed by atoms with van der Waals surface area (Å²) in [7, 11) is 0. The first-order valence-corrected chi connectivity index (χ1v) is 9.54. The van der Waals surface area contributed by atoms with Gasteiger partial charge in [0.1, 0.15) is 0 Å². The van der Waals surface area contributed by atoms with E-state index in [1.165, 1.54) is 5.56 Å². The summed E-state index contributed by atoms with van der Waals surface area (Å²) in [5, 5.41) is 2.90. The standard InChI is InChI=1S/C20H27F2N3O2/c1-15-2-4-16(5-3-15)12-23-18(26)14-24-9-6-17(13-24)19(27)25-10-7-20(21,22)8-11-25/h2-5,17H,6-14H2,1H3,(H,23,26). The molecule has 148 valence electrons. The van der Waals surface area contributed by atoms with Crippen LogP contribution in [0.2, 0.25) is 0 Å². The summed E-state index contributed by atoms with van der Waals surface area (Å²) in [5.41, 5.74) is 2.22. The van der Waals surface area contributed by atoms with E-state index in [-0.39, 0.29) is 50.2 Å². The molecule has 0 aromatic heterocycles. The second kappa shape index (κ2) is 8.33. The molecular weight excluding hydrogens is 352 g/mol. The molecule has 2 fully saturated rings. The quantitative estimate of drug-likeness (QED) is 0.853. The summed E-state index contributed by atoms with van der Waals surface area (Å²) in [5.74, 6) is -2.95. The van der Waals surface area contributed by atoms with Gasteiger partial charge in [-0.15, -0.1) is 0 Å². The topological polar surface area (TPSA) is 52.7 Å². The molecule has 2 aliphatic rings. The Morgan fingerprint density at radius 2 is 1.81 bits per heavy atom. The van der Waals surface area contributed by atoms with E-state index in [0.717, 1.165) is 5.56 Å². The lowest BCUT2D eigenvalue weighted by Gasteiger charge is -2.33. The first-order chi connectivity index (χ1) is 12.8. The van der Waals surface area contributed by atoms with Crippen molar-refractivity contribution >= 4 is 11.8 Å². The number of piperidine rings is 1. The van der Waals surface area contributed by atoms with E-state index >= 15 is 0 Å². The predicted molar refractivity (Wildman–Crippen MR) is 98.3 cm³/mol.